The summed E-state index contributed by atoms with van der Waals surface area (Å²) in [6.07, 6.45) is 2.87. The molecule has 1 aromatic rings. The largest absolute Gasteiger partial charge is 0.377 e. The second-order valence-electron chi connectivity index (χ2n) is 5.74. The van der Waals surface area contributed by atoms with Crippen molar-refractivity contribution in [3.63, 3.8) is 0 Å². The van der Waals surface area contributed by atoms with Crippen molar-refractivity contribution in [2.75, 3.05) is 56.2 Å². The Morgan fingerprint density at radius 3 is 2.90 bits per heavy atom. The number of hydrogen-bond acceptors (Lipinski definition) is 4. The number of fused-ring (bicyclic) bond motifs is 1. The Balaban J connectivity index is 1.49. The Kier molecular flexibility index (Phi) is 4.43. The first-order chi connectivity index (χ1) is 9.84. The summed E-state index contributed by atoms with van der Waals surface area (Å²) < 4.78 is 5.63. The number of anilines is 2. The van der Waals surface area contributed by atoms with Crippen molar-refractivity contribution < 1.29 is 4.74 Å². The number of ether oxygens (including phenoxy) is 1. The van der Waals surface area contributed by atoms with E-state index in [0.29, 0.717) is 6.10 Å². The van der Waals surface area contributed by atoms with Gasteiger partial charge < -0.3 is 19.9 Å². The van der Waals surface area contributed by atoms with Crippen LogP contribution in [-0.2, 0) is 4.74 Å². The Morgan fingerprint density at radius 1 is 1.25 bits per heavy atom. The standard InChI is InChI=1S/C16H25N3O/c1-18-10-11-19(16-7-3-2-6-15(16)18)9-8-17-13-14-5-4-12-20-14/h2-3,6-7,14,17H,4-5,8-13H2,1H3. The van der Waals surface area contributed by atoms with Crippen LogP contribution >= 0.6 is 0 Å². The van der Waals surface area contributed by atoms with Crippen LogP contribution < -0.4 is 15.1 Å². The lowest BCUT2D eigenvalue weighted by molar-refractivity contribution is 0.110. The summed E-state index contributed by atoms with van der Waals surface area (Å²) in [7, 11) is 2.17. The minimum absolute atomic E-state index is 0.440. The molecule has 1 aromatic carbocycles. The normalized spacial score (nSPS) is 22.1. The molecule has 1 atom stereocenters. The van der Waals surface area contributed by atoms with Crippen LogP contribution in [0.5, 0.6) is 0 Å². The van der Waals surface area contributed by atoms with Gasteiger partial charge in [0.05, 0.1) is 17.5 Å². The van der Waals surface area contributed by atoms with Gasteiger partial charge in [-0.15, -0.1) is 0 Å². The molecule has 3 rings (SSSR count). The van der Waals surface area contributed by atoms with Crippen molar-refractivity contribution in [1.29, 1.82) is 0 Å². The molecule has 110 valence electrons. The summed E-state index contributed by atoms with van der Waals surface area (Å²) in [4.78, 5) is 4.82. The van der Waals surface area contributed by atoms with Crippen LogP contribution in [0.25, 0.3) is 0 Å². The molecule has 0 aromatic heterocycles. The Labute approximate surface area is 121 Å². The van der Waals surface area contributed by atoms with E-state index in [2.05, 4.69) is 46.4 Å². The number of benzene rings is 1. The van der Waals surface area contributed by atoms with Gasteiger partial charge >= 0.3 is 0 Å². The van der Waals surface area contributed by atoms with Crippen molar-refractivity contribution in [3.8, 4) is 0 Å². The highest BCUT2D eigenvalue weighted by Crippen LogP contribution is 2.31. The molecule has 20 heavy (non-hydrogen) atoms. The first-order valence-corrected chi connectivity index (χ1v) is 7.72. The number of rotatable bonds is 5. The third-order valence-corrected chi connectivity index (χ3v) is 4.29. The minimum atomic E-state index is 0.440. The van der Waals surface area contributed by atoms with Gasteiger partial charge in [0, 0.05) is 46.4 Å². The molecule has 1 fully saturated rings. The van der Waals surface area contributed by atoms with E-state index in [9.17, 15) is 0 Å². The third-order valence-electron chi connectivity index (χ3n) is 4.29. The lowest BCUT2D eigenvalue weighted by atomic mass is 10.2. The highest BCUT2D eigenvalue weighted by Gasteiger charge is 2.19. The van der Waals surface area contributed by atoms with E-state index in [-0.39, 0.29) is 0 Å². The average Bonchev–Trinajstić information content (AvgIpc) is 2.99. The van der Waals surface area contributed by atoms with Gasteiger partial charge in [-0.3, -0.25) is 0 Å². The first kappa shape index (κ1) is 13.7. The summed E-state index contributed by atoms with van der Waals surface area (Å²) in [5.41, 5.74) is 2.71. The van der Waals surface area contributed by atoms with E-state index in [1.807, 2.05) is 0 Å². The Morgan fingerprint density at radius 2 is 2.10 bits per heavy atom. The second-order valence-corrected chi connectivity index (χ2v) is 5.74. The monoisotopic (exact) mass is 275 g/mol. The van der Waals surface area contributed by atoms with Crippen molar-refractivity contribution in [2.45, 2.75) is 18.9 Å². The SMILES string of the molecule is CN1CCN(CCNCC2CCCO2)c2ccccc21. The van der Waals surface area contributed by atoms with Gasteiger partial charge in [0.15, 0.2) is 0 Å². The molecular formula is C16H25N3O. The van der Waals surface area contributed by atoms with Crippen molar-refractivity contribution in [3.05, 3.63) is 24.3 Å². The molecule has 2 aliphatic rings. The summed E-state index contributed by atoms with van der Waals surface area (Å²) in [5, 5.41) is 3.54. The van der Waals surface area contributed by atoms with Gasteiger partial charge in [-0.1, -0.05) is 12.1 Å². The number of likely N-dealkylation sites (N-methyl/N-ethyl adjacent to an activating group) is 1. The fraction of sp³-hybridized carbons (Fsp3) is 0.625. The first-order valence-electron chi connectivity index (χ1n) is 7.72. The number of para-hydroxylation sites is 2. The molecule has 1 unspecified atom stereocenters. The van der Waals surface area contributed by atoms with E-state index >= 15 is 0 Å². The van der Waals surface area contributed by atoms with Gasteiger partial charge in [-0.25, -0.2) is 0 Å². The van der Waals surface area contributed by atoms with E-state index in [1.165, 1.54) is 24.2 Å². The van der Waals surface area contributed by atoms with Gasteiger partial charge in [-0.2, -0.15) is 0 Å². The van der Waals surface area contributed by atoms with E-state index in [0.717, 1.165) is 39.3 Å². The van der Waals surface area contributed by atoms with Crippen LogP contribution in [-0.4, -0.2) is 52.5 Å². The summed E-state index contributed by atoms with van der Waals surface area (Å²) in [5.74, 6) is 0. The molecule has 4 nitrogen and oxygen atoms in total. The Bertz CT molecular complexity index is 431. The quantitative estimate of drug-likeness (QED) is 0.828. The fourth-order valence-electron chi connectivity index (χ4n) is 3.08. The summed E-state index contributed by atoms with van der Waals surface area (Å²) in [6, 6.07) is 8.69. The maximum absolute atomic E-state index is 5.63. The average molecular weight is 275 g/mol. The van der Waals surface area contributed by atoms with Crippen molar-refractivity contribution in [2.24, 2.45) is 0 Å². The zero-order chi connectivity index (χ0) is 13.8. The minimum Gasteiger partial charge on any atom is -0.377 e. The predicted octanol–water partition coefficient (Wildman–Crippen LogP) is 1.71. The molecular weight excluding hydrogens is 250 g/mol. The lowest BCUT2D eigenvalue weighted by Gasteiger charge is -2.37. The molecule has 0 spiro atoms. The smallest absolute Gasteiger partial charge is 0.0700 e. The van der Waals surface area contributed by atoms with Crippen LogP contribution in [0.2, 0.25) is 0 Å². The topological polar surface area (TPSA) is 27.7 Å². The second kappa shape index (κ2) is 6.46. The third kappa shape index (κ3) is 3.07. The highest BCUT2D eigenvalue weighted by atomic mass is 16.5. The molecule has 0 amide bonds. The zero-order valence-electron chi connectivity index (χ0n) is 12.3. The van der Waals surface area contributed by atoms with Crippen LogP contribution in [0.15, 0.2) is 24.3 Å². The van der Waals surface area contributed by atoms with E-state index < -0.39 is 0 Å². The molecule has 0 bridgehead atoms. The molecule has 2 heterocycles. The number of nitrogens with zero attached hydrogens (tertiary/aromatic N) is 2. The maximum atomic E-state index is 5.63. The van der Waals surface area contributed by atoms with Gasteiger partial charge in [0.1, 0.15) is 0 Å². The van der Waals surface area contributed by atoms with Crippen molar-refractivity contribution in [1.82, 2.24) is 5.32 Å². The molecule has 2 aliphatic heterocycles. The molecule has 0 radical (unpaired) electrons. The van der Waals surface area contributed by atoms with Gasteiger partial charge in [-0.05, 0) is 25.0 Å². The maximum Gasteiger partial charge on any atom is 0.0700 e. The van der Waals surface area contributed by atoms with Crippen LogP contribution in [0.4, 0.5) is 11.4 Å². The molecule has 1 saturated heterocycles. The molecule has 0 aliphatic carbocycles. The lowest BCUT2D eigenvalue weighted by Crippen LogP contribution is -2.42. The van der Waals surface area contributed by atoms with Gasteiger partial charge in [0.25, 0.3) is 0 Å². The molecule has 1 N–H and O–H groups in total. The number of hydrogen-bond donors (Lipinski definition) is 1. The fourth-order valence-corrected chi connectivity index (χ4v) is 3.08. The molecule has 0 saturated carbocycles. The zero-order valence-corrected chi connectivity index (χ0v) is 12.3. The predicted molar refractivity (Wildman–Crippen MR) is 83.8 cm³/mol. The highest BCUT2D eigenvalue weighted by molar-refractivity contribution is 5.73. The van der Waals surface area contributed by atoms with Crippen molar-refractivity contribution >= 4 is 11.4 Å². The van der Waals surface area contributed by atoms with E-state index in [1.54, 1.807) is 0 Å². The molecule has 4 heteroatoms. The summed E-state index contributed by atoms with van der Waals surface area (Å²) >= 11 is 0. The van der Waals surface area contributed by atoms with Crippen LogP contribution in [0.1, 0.15) is 12.8 Å². The van der Waals surface area contributed by atoms with E-state index in [4.69, 9.17) is 4.74 Å². The Hall–Kier alpha value is -1.26. The number of nitrogens with one attached hydrogen (secondary N) is 1. The summed E-state index contributed by atoms with van der Waals surface area (Å²) in [6.45, 7) is 6.24. The van der Waals surface area contributed by atoms with Crippen LogP contribution in [0, 0.1) is 0 Å². The van der Waals surface area contributed by atoms with Crippen LogP contribution in [0.3, 0.4) is 0 Å². The van der Waals surface area contributed by atoms with Gasteiger partial charge in [0.2, 0.25) is 0 Å².